The molecule has 1 aliphatic heterocycles. The average Bonchev–Trinajstić information content (AvgIpc) is 2.80. The highest BCUT2D eigenvalue weighted by Gasteiger charge is 2.16. The Morgan fingerprint density at radius 2 is 2.31 bits per heavy atom. The maximum absolute atomic E-state index is 5.63. The van der Waals surface area contributed by atoms with Crippen LogP contribution in [-0.2, 0) is 9.47 Å². The van der Waals surface area contributed by atoms with E-state index in [1.54, 1.807) is 7.11 Å². The molecule has 1 heterocycles. The maximum Gasteiger partial charge on any atom is 0.0576 e. The van der Waals surface area contributed by atoms with Gasteiger partial charge in [0.25, 0.3) is 0 Å². The van der Waals surface area contributed by atoms with E-state index >= 15 is 0 Å². The molecule has 1 saturated heterocycles. The van der Waals surface area contributed by atoms with Crippen LogP contribution in [-0.4, -0.2) is 39.0 Å². The minimum Gasteiger partial charge on any atom is -0.382 e. The first kappa shape index (κ1) is 13.9. The van der Waals surface area contributed by atoms with Gasteiger partial charge >= 0.3 is 0 Å². The second-order valence-electron chi connectivity index (χ2n) is 4.83. The van der Waals surface area contributed by atoms with Crippen LogP contribution in [0, 0.1) is 0 Å². The molecule has 1 N–H and O–H groups in total. The summed E-state index contributed by atoms with van der Waals surface area (Å²) in [5.74, 6) is 0. The molecule has 3 atom stereocenters. The highest BCUT2D eigenvalue weighted by Crippen LogP contribution is 2.19. The number of methoxy groups -OCH3 is 1. The Balaban J connectivity index is 2.08. The lowest BCUT2D eigenvalue weighted by Crippen LogP contribution is -2.29. The smallest absolute Gasteiger partial charge is 0.0576 e. The molecule has 0 saturated carbocycles. The summed E-state index contributed by atoms with van der Waals surface area (Å²) in [5.41, 5.74) is 0. The first-order valence-corrected chi connectivity index (χ1v) is 6.58. The Kier molecular flexibility index (Phi) is 7.01. The number of hydrogen-bond donors (Lipinski definition) is 1. The molecule has 0 aromatic carbocycles. The second-order valence-corrected chi connectivity index (χ2v) is 4.83. The highest BCUT2D eigenvalue weighted by atomic mass is 16.5. The van der Waals surface area contributed by atoms with Gasteiger partial charge in [-0.3, -0.25) is 0 Å². The van der Waals surface area contributed by atoms with E-state index in [2.05, 4.69) is 12.2 Å². The Morgan fingerprint density at radius 3 is 2.88 bits per heavy atom. The largest absolute Gasteiger partial charge is 0.382 e. The zero-order valence-corrected chi connectivity index (χ0v) is 11.0. The number of rotatable bonds is 8. The molecule has 3 heteroatoms. The van der Waals surface area contributed by atoms with Crippen LogP contribution in [0.1, 0.15) is 45.4 Å². The molecule has 3 nitrogen and oxygen atoms in total. The highest BCUT2D eigenvalue weighted by molar-refractivity contribution is 4.71. The van der Waals surface area contributed by atoms with E-state index in [9.17, 15) is 0 Å². The van der Waals surface area contributed by atoms with E-state index in [0.717, 1.165) is 13.0 Å². The van der Waals surface area contributed by atoms with Gasteiger partial charge < -0.3 is 14.8 Å². The summed E-state index contributed by atoms with van der Waals surface area (Å²) < 4.78 is 10.9. The Bertz CT molecular complexity index is 169. The zero-order valence-electron chi connectivity index (χ0n) is 11.0. The van der Waals surface area contributed by atoms with Gasteiger partial charge in [0.05, 0.1) is 12.2 Å². The van der Waals surface area contributed by atoms with E-state index in [0.29, 0.717) is 18.2 Å². The van der Waals surface area contributed by atoms with Gasteiger partial charge in [-0.25, -0.2) is 0 Å². The zero-order chi connectivity index (χ0) is 11.8. The van der Waals surface area contributed by atoms with Gasteiger partial charge in [0.15, 0.2) is 0 Å². The van der Waals surface area contributed by atoms with Crippen molar-refractivity contribution in [3.05, 3.63) is 0 Å². The van der Waals surface area contributed by atoms with Crippen molar-refractivity contribution in [2.45, 2.75) is 63.7 Å². The van der Waals surface area contributed by atoms with Gasteiger partial charge in [0.1, 0.15) is 0 Å². The fourth-order valence-electron chi connectivity index (χ4n) is 2.34. The number of hydrogen-bond acceptors (Lipinski definition) is 3. The summed E-state index contributed by atoms with van der Waals surface area (Å²) in [4.78, 5) is 0. The summed E-state index contributed by atoms with van der Waals surface area (Å²) in [6.45, 7) is 3.10. The molecular formula is C13H27NO2. The van der Waals surface area contributed by atoms with Gasteiger partial charge in [0, 0.05) is 19.8 Å². The lowest BCUT2D eigenvalue weighted by atomic mass is 10.0. The summed E-state index contributed by atoms with van der Waals surface area (Å²) in [6.07, 6.45) is 8.20. The van der Waals surface area contributed by atoms with E-state index in [1.807, 2.05) is 7.05 Å². The minimum atomic E-state index is 0.347. The summed E-state index contributed by atoms with van der Waals surface area (Å²) in [7, 11) is 3.82. The van der Waals surface area contributed by atoms with Crippen molar-refractivity contribution in [3.63, 3.8) is 0 Å². The van der Waals surface area contributed by atoms with Gasteiger partial charge in [-0.2, -0.15) is 0 Å². The molecule has 0 radical (unpaired) electrons. The predicted octanol–water partition coefficient (Wildman–Crippen LogP) is 2.35. The molecule has 1 fully saturated rings. The van der Waals surface area contributed by atoms with Crippen LogP contribution in [0.2, 0.25) is 0 Å². The van der Waals surface area contributed by atoms with E-state index in [1.165, 1.54) is 32.1 Å². The van der Waals surface area contributed by atoms with Crippen molar-refractivity contribution in [2.24, 2.45) is 0 Å². The second kappa shape index (κ2) is 8.04. The van der Waals surface area contributed by atoms with Crippen LogP contribution in [0.25, 0.3) is 0 Å². The molecule has 0 aromatic heterocycles. The van der Waals surface area contributed by atoms with E-state index in [4.69, 9.17) is 9.47 Å². The van der Waals surface area contributed by atoms with Crippen molar-refractivity contribution in [2.75, 3.05) is 20.8 Å². The van der Waals surface area contributed by atoms with Gasteiger partial charge in [-0.05, 0) is 52.5 Å². The number of nitrogens with one attached hydrogen (secondary N) is 1. The SMILES string of the molecule is CNC(CCCC1CCCO1)CC(C)OC. The van der Waals surface area contributed by atoms with Crippen LogP contribution in [0.3, 0.4) is 0 Å². The quantitative estimate of drug-likeness (QED) is 0.693. The molecule has 1 aliphatic rings. The first-order valence-electron chi connectivity index (χ1n) is 6.58. The lowest BCUT2D eigenvalue weighted by molar-refractivity contribution is 0.0926. The lowest BCUT2D eigenvalue weighted by Gasteiger charge is -2.20. The van der Waals surface area contributed by atoms with Crippen LogP contribution in [0.15, 0.2) is 0 Å². The van der Waals surface area contributed by atoms with Crippen molar-refractivity contribution in [3.8, 4) is 0 Å². The first-order chi connectivity index (χ1) is 7.76. The monoisotopic (exact) mass is 229 g/mol. The fraction of sp³-hybridized carbons (Fsp3) is 1.00. The van der Waals surface area contributed by atoms with Crippen molar-refractivity contribution >= 4 is 0 Å². The minimum absolute atomic E-state index is 0.347. The fourth-order valence-corrected chi connectivity index (χ4v) is 2.34. The van der Waals surface area contributed by atoms with Crippen LogP contribution in [0.5, 0.6) is 0 Å². The van der Waals surface area contributed by atoms with Crippen molar-refractivity contribution < 1.29 is 9.47 Å². The van der Waals surface area contributed by atoms with Crippen molar-refractivity contribution in [1.29, 1.82) is 0 Å². The molecule has 0 aromatic rings. The predicted molar refractivity (Wildman–Crippen MR) is 66.8 cm³/mol. The molecule has 96 valence electrons. The third-order valence-electron chi connectivity index (χ3n) is 3.53. The molecule has 0 amide bonds. The third-order valence-corrected chi connectivity index (χ3v) is 3.53. The summed E-state index contributed by atoms with van der Waals surface area (Å²) >= 11 is 0. The molecule has 16 heavy (non-hydrogen) atoms. The molecule has 1 rings (SSSR count). The van der Waals surface area contributed by atoms with Gasteiger partial charge in [0.2, 0.25) is 0 Å². The van der Waals surface area contributed by atoms with Crippen molar-refractivity contribution in [1.82, 2.24) is 5.32 Å². The maximum atomic E-state index is 5.63. The normalized spacial score (nSPS) is 24.6. The molecule has 0 bridgehead atoms. The molecule has 0 aliphatic carbocycles. The Hall–Kier alpha value is -0.120. The van der Waals surface area contributed by atoms with Gasteiger partial charge in [-0.15, -0.1) is 0 Å². The standard InChI is InChI=1S/C13H27NO2/c1-11(15-3)10-12(14-2)6-4-7-13-8-5-9-16-13/h11-14H,4-10H2,1-3H3. The van der Waals surface area contributed by atoms with Crippen LogP contribution in [0.4, 0.5) is 0 Å². The Morgan fingerprint density at radius 1 is 1.50 bits per heavy atom. The topological polar surface area (TPSA) is 30.5 Å². The van der Waals surface area contributed by atoms with E-state index < -0.39 is 0 Å². The molecular weight excluding hydrogens is 202 g/mol. The van der Waals surface area contributed by atoms with Gasteiger partial charge in [-0.1, -0.05) is 0 Å². The average molecular weight is 229 g/mol. The molecule has 0 spiro atoms. The summed E-state index contributed by atoms with van der Waals surface area (Å²) in [5, 5.41) is 3.37. The Labute approximate surface area is 99.9 Å². The van der Waals surface area contributed by atoms with E-state index in [-0.39, 0.29) is 0 Å². The summed E-state index contributed by atoms with van der Waals surface area (Å²) in [6, 6.07) is 0.580. The van der Waals surface area contributed by atoms with Crippen LogP contribution < -0.4 is 5.32 Å². The third kappa shape index (κ3) is 5.28. The molecule has 3 unspecified atom stereocenters. The van der Waals surface area contributed by atoms with Crippen LogP contribution >= 0.6 is 0 Å². The number of ether oxygens (including phenoxy) is 2.